The summed E-state index contributed by atoms with van der Waals surface area (Å²) in [5, 5.41) is 12.2. The summed E-state index contributed by atoms with van der Waals surface area (Å²) in [7, 11) is 1.59. The average molecular weight is 271 g/mol. The van der Waals surface area contributed by atoms with Gasteiger partial charge in [0.25, 0.3) is 0 Å². The predicted octanol–water partition coefficient (Wildman–Crippen LogP) is 1.81. The Hall–Kier alpha value is -1.10. The molecular weight excluding hydrogens is 246 g/mol. The average Bonchev–Trinajstić information content (AvgIpc) is 2.35. The summed E-state index contributed by atoms with van der Waals surface area (Å²) >= 11 is 0. The van der Waals surface area contributed by atoms with Crippen molar-refractivity contribution in [2.75, 3.05) is 20.3 Å². The first kappa shape index (κ1) is 16.0. The van der Waals surface area contributed by atoms with E-state index in [1.165, 1.54) is 0 Å². The van der Waals surface area contributed by atoms with Crippen LogP contribution in [0, 0.1) is 10.8 Å². The van der Waals surface area contributed by atoms with Gasteiger partial charge in [0.1, 0.15) is 0 Å². The van der Waals surface area contributed by atoms with Gasteiger partial charge in [-0.1, -0.05) is 20.3 Å². The van der Waals surface area contributed by atoms with Gasteiger partial charge in [-0.15, -0.1) is 0 Å². The van der Waals surface area contributed by atoms with E-state index >= 15 is 0 Å². The monoisotopic (exact) mass is 271 g/mol. The molecule has 0 atom stereocenters. The number of carboxylic acids is 1. The smallest absolute Gasteiger partial charge is 0.311 e. The van der Waals surface area contributed by atoms with E-state index in [2.05, 4.69) is 5.32 Å². The van der Waals surface area contributed by atoms with Crippen LogP contribution >= 0.6 is 0 Å². The Morgan fingerprint density at radius 1 is 1.32 bits per heavy atom. The normalized spacial score (nSPS) is 17.6. The maximum atomic E-state index is 12.3. The third-order valence-electron chi connectivity index (χ3n) is 4.61. The fourth-order valence-electron chi connectivity index (χ4n) is 2.63. The second kappa shape index (κ2) is 6.37. The molecule has 0 saturated heterocycles. The van der Waals surface area contributed by atoms with Gasteiger partial charge in [-0.25, -0.2) is 0 Å². The van der Waals surface area contributed by atoms with Gasteiger partial charge in [0.2, 0.25) is 5.91 Å². The highest BCUT2D eigenvalue weighted by molar-refractivity contribution is 5.84. The second-order valence-electron chi connectivity index (χ2n) is 5.54. The molecular formula is C14H25NO4. The maximum Gasteiger partial charge on any atom is 0.311 e. The van der Waals surface area contributed by atoms with Crippen molar-refractivity contribution in [1.29, 1.82) is 0 Å². The molecule has 1 fully saturated rings. The highest BCUT2D eigenvalue weighted by atomic mass is 16.5. The predicted molar refractivity (Wildman–Crippen MR) is 71.8 cm³/mol. The molecule has 1 aliphatic carbocycles. The number of carbonyl (C=O) groups excluding carboxylic acids is 1. The molecule has 1 saturated carbocycles. The number of ether oxygens (including phenoxy) is 1. The van der Waals surface area contributed by atoms with Gasteiger partial charge in [0.05, 0.1) is 17.4 Å². The van der Waals surface area contributed by atoms with E-state index in [4.69, 9.17) is 4.74 Å². The molecule has 0 aromatic carbocycles. The van der Waals surface area contributed by atoms with Gasteiger partial charge in [0.15, 0.2) is 0 Å². The molecule has 0 aromatic rings. The van der Waals surface area contributed by atoms with Crippen molar-refractivity contribution in [3.8, 4) is 0 Å². The van der Waals surface area contributed by atoms with Crippen LogP contribution in [-0.2, 0) is 14.3 Å². The summed E-state index contributed by atoms with van der Waals surface area (Å²) in [5.74, 6) is -0.902. The molecule has 0 aromatic heterocycles. The lowest BCUT2D eigenvalue weighted by molar-refractivity contribution is -0.150. The fourth-order valence-corrected chi connectivity index (χ4v) is 2.63. The van der Waals surface area contributed by atoms with Gasteiger partial charge in [-0.05, 0) is 25.7 Å². The minimum absolute atomic E-state index is 0.0619. The van der Waals surface area contributed by atoms with Crippen molar-refractivity contribution < 1.29 is 19.4 Å². The van der Waals surface area contributed by atoms with Crippen LogP contribution in [0.2, 0.25) is 0 Å². The number of amides is 1. The zero-order chi connectivity index (χ0) is 14.5. The number of aliphatic carboxylic acids is 1. The third-order valence-corrected chi connectivity index (χ3v) is 4.61. The lowest BCUT2D eigenvalue weighted by Crippen LogP contribution is -2.52. The number of carbonyl (C=O) groups is 2. The highest BCUT2D eigenvalue weighted by Gasteiger charge is 2.45. The quantitative estimate of drug-likeness (QED) is 0.706. The molecule has 5 heteroatoms. The summed E-state index contributed by atoms with van der Waals surface area (Å²) in [6, 6.07) is 0. The van der Waals surface area contributed by atoms with Crippen molar-refractivity contribution >= 4 is 11.9 Å². The molecule has 0 spiro atoms. The van der Waals surface area contributed by atoms with E-state index in [1.54, 1.807) is 7.11 Å². The molecule has 1 rings (SSSR count). The van der Waals surface area contributed by atoms with Crippen LogP contribution in [0.3, 0.4) is 0 Å². The Kier molecular flexibility index (Phi) is 5.35. The summed E-state index contributed by atoms with van der Waals surface area (Å²) < 4.78 is 5.13. The van der Waals surface area contributed by atoms with Crippen LogP contribution in [0.5, 0.6) is 0 Å². The molecule has 0 bridgehead atoms. The molecule has 0 unspecified atom stereocenters. The Balaban J connectivity index is 2.64. The molecule has 2 N–H and O–H groups in total. The van der Waals surface area contributed by atoms with Gasteiger partial charge in [-0.2, -0.15) is 0 Å². The minimum Gasteiger partial charge on any atom is -0.481 e. The van der Waals surface area contributed by atoms with Crippen molar-refractivity contribution in [2.24, 2.45) is 10.8 Å². The molecule has 0 heterocycles. The van der Waals surface area contributed by atoms with E-state index in [9.17, 15) is 14.7 Å². The van der Waals surface area contributed by atoms with Gasteiger partial charge < -0.3 is 15.2 Å². The van der Waals surface area contributed by atoms with E-state index in [0.29, 0.717) is 19.4 Å². The fraction of sp³-hybridized carbons (Fsp3) is 0.857. The molecule has 0 radical (unpaired) electrons. The van der Waals surface area contributed by atoms with E-state index in [1.807, 2.05) is 13.8 Å². The lowest BCUT2D eigenvalue weighted by atomic mass is 9.68. The van der Waals surface area contributed by atoms with E-state index in [0.717, 1.165) is 19.3 Å². The van der Waals surface area contributed by atoms with Gasteiger partial charge in [-0.3, -0.25) is 9.59 Å². The van der Waals surface area contributed by atoms with Crippen molar-refractivity contribution in [2.45, 2.75) is 46.0 Å². The van der Waals surface area contributed by atoms with Crippen LogP contribution in [0.25, 0.3) is 0 Å². The lowest BCUT2D eigenvalue weighted by Gasteiger charge is -2.40. The van der Waals surface area contributed by atoms with Gasteiger partial charge >= 0.3 is 5.97 Å². The minimum atomic E-state index is -0.854. The number of nitrogens with one attached hydrogen (secondary N) is 1. The first-order valence-electron chi connectivity index (χ1n) is 6.97. The van der Waals surface area contributed by atoms with Crippen molar-refractivity contribution in [3.05, 3.63) is 0 Å². The first-order chi connectivity index (χ1) is 8.96. The van der Waals surface area contributed by atoms with Crippen molar-refractivity contribution in [3.63, 3.8) is 0 Å². The summed E-state index contributed by atoms with van der Waals surface area (Å²) in [6.45, 7) is 4.30. The summed E-state index contributed by atoms with van der Waals surface area (Å²) in [4.78, 5) is 23.6. The third kappa shape index (κ3) is 3.08. The SMILES string of the molecule is CCC(CC)(CNC(=O)C1(COC)CCC1)C(=O)O. The zero-order valence-electron chi connectivity index (χ0n) is 12.1. The number of hydrogen-bond acceptors (Lipinski definition) is 3. The number of carboxylic acid groups (broad SMARTS) is 1. The molecule has 110 valence electrons. The Labute approximate surface area is 114 Å². The van der Waals surface area contributed by atoms with Crippen LogP contribution in [0.15, 0.2) is 0 Å². The Morgan fingerprint density at radius 3 is 2.21 bits per heavy atom. The number of hydrogen-bond donors (Lipinski definition) is 2. The second-order valence-corrected chi connectivity index (χ2v) is 5.54. The zero-order valence-corrected chi connectivity index (χ0v) is 12.1. The van der Waals surface area contributed by atoms with Crippen LogP contribution in [0.1, 0.15) is 46.0 Å². The first-order valence-corrected chi connectivity index (χ1v) is 6.97. The Bertz CT molecular complexity index is 332. The van der Waals surface area contributed by atoms with E-state index < -0.39 is 16.8 Å². The Morgan fingerprint density at radius 2 is 1.89 bits per heavy atom. The largest absolute Gasteiger partial charge is 0.481 e. The highest BCUT2D eigenvalue weighted by Crippen LogP contribution is 2.41. The van der Waals surface area contributed by atoms with Crippen LogP contribution in [0.4, 0.5) is 0 Å². The summed E-state index contributed by atoms with van der Waals surface area (Å²) in [6.07, 6.45) is 3.70. The number of methoxy groups -OCH3 is 1. The maximum absolute atomic E-state index is 12.3. The molecule has 0 aliphatic heterocycles. The van der Waals surface area contributed by atoms with Gasteiger partial charge in [0, 0.05) is 13.7 Å². The van der Waals surface area contributed by atoms with Crippen LogP contribution < -0.4 is 5.32 Å². The molecule has 1 aliphatic rings. The molecule has 1 amide bonds. The topological polar surface area (TPSA) is 75.6 Å². The molecule has 5 nitrogen and oxygen atoms in total. The molecule has 19 heavy (non-hydrogen) atoms. The van der Waals surface area contributed by atoms with E-state index in [-0.39, 0.29) is 12.5 Å². The van der Waals surface area contributed by atoms with Crippen LogP contribution in [-0.4, -0.2) is 37.2 Å². The summed E-state index contributed by atoms with van der Waals surface area (Å²) in [5.41, 5.74) is -1.28. The van der Waals surface area contributed by atoms with Crippen molar-refractivity contribution in [1.82, 2.24) is 5.32 Å². The standard InChI is InChI=1S/C14H25NO4/c1-4-13(5-2,12(17)18)9-15-11(16)14(10-19-3)7-6-8-14/h4-10H2,1-3H3,(H,15,16)(H,17,18). The number of rotatable bonds is 8.